The Morgan fingerprint density at radius 3 is 3.00 bits per heavy atom. The van der Waals surface area contributed by atoms with E-state index in [0.717, 1.165) is 6.20 Å². The van der Waals surface area contributed by atoms with E-state index in [1.165, 1.54) is 0 Å². The maximum absolute atomic E-state index is 10.6. The zero-order valence-electron chi connectivity index (χ0n) is 6.65. The van der Waals surface area contributed by atoms with Crippen LogP contribution in [0.1, 0.15) is 6.92 Å². The molecule has 2 N–H and O–H groups in total. The summed E-state index contributed by atoms with van der Waals surface area (Å²) in [5.41, 5.74) is 0. The first-order valence-corrected chi connectivity index (χ1v) is 3.33. The average Bonchev–Trinajstić information content (AvgIpc) is 2.02. The molecule has 6 nitrogen and oxygen atoms in total. The van der Waals surface area contributed by atoms with Crippen molar-refractivity contribution in [1.29, 1.82) is 5.39 Å². The van der Waals surface area contributed by atoms with Crippen molar-refractivity contribution in [3.05, 3.63) is 17.1 Å². The predicted molar refractivity (Wildman–Crippen MR) is 40.4 cm³/mol. The van der Waals surface area contributed by atoms with Gasteiger partial charge in [-0.05, 0) is 6.92 Å². The molecule has 0 aromatic rings. The highest BCUT2D eigenvalue weighted by atomic mass is 16.5. The highest BCUT2D eigenvalue weighted by molar-refractivity contribution is 5.71. The van der Waals surface area contributed by atoms with Crippen LogP contribution < -0.4 is 5.32 Å². The molecule has 0 fully saturated rings. The van der Waals surface area contributed by atoms with Crippen LogP contribution in [0.4, 0.5) is 0 Å². The van der Waals surface area contributed by atoms with Gasteiger partial charge < -0.3 is 15.2 Å². The van der Waals surface area contributed by atoms with Crippen molar-refractivity contribution in [2.45, 2.75) is 6.92 Å². The van der Waals surface area contributed by atoms with Crippen LogP contribution in [0.2, 0.25) is 0 Å². The number of carbonyl (C=O) groups is 1. The van der Waals surface area contributed by atoms with Gasteiger partial charge in [0.1, 0.15) is 6.54 Å². The highest BCUT2D eigenvalue weighted by Crippen LogP contribution is 1.83. The molecule has 66 valence electrons. The van der Waals surface area contributed by atoms with Gasteiger partial charge in [-0.3, -0.25) is 4.79 Å². The molecule has 0 spiro atoms. The molecule has 0 heterocycles. The molecule has 0 aromatic carbocycles. The van der Waals surface area contributed by atoms with E-state index in [1.807, 2.05) is 0 Å². The Kier molecular flexibility index (Phi) is 5.09. The van der Waals surface area contributed by atoms with Crippen molar-refractivity contribution in [3.8, 4) is 0 Å². The Bertz CT molecular complexity index is 219. The molecule has 0 aromatic heterocycles. The molecule has 0 radical (unpaired) electrons. The van der Waals surface area contributed by atoms with E-state index in [2.05, 4.69) is 15.0 Å². The summed E-state index contributed by atoms with van der Waals surface area (Å²) in [6.07, 6.45) is 0.763. The lowest BCUT2D eigenvalue weighted by Crippen LogP contribution is -2.23. The standard InChI is InChI=1S/C6H9N3O3/c1-2-12-6(11)4-8-5(10)3-9-7/h3,8H,2,4H2,1H3/p+1/b5-3-. The van der Waals surface area contributed by atoms with Gasteiger partial charge in [-0.25, -0.2) is 0 Å². The molecular formula is C6H10N3O3+. The molecule has 0 aliphatic heterocycles. The Labute approximate surface area is 69.5 Å². The first-order valence-electron chi connectivity index (χ1n) is 3.33. The summed E-state index contributed by atoms with van der Waals surface area (Å²) in [5, 5.41) is 18.9. The van der Waals surface area contributed by atoms with Crippen LogP contribution in [0.15, 0.2) is 12.1 Å². The number of hydrogen-bond acceptors (Lipinski definition) is 5. The molecule has 0 amide bonds. The molecule has 0 atom stereocenters. The minimum atomic E-state index is -0.490. The molecule has 12 heavy (non-hydrogen) atoms. The number of nitrogens with zero attached hydrogens (tertiary/aromatic N) is 2. The topological polar surface area (TPSA) is 86.7 Å². The Hall–Kier alpha value is -1.77. The summed E-state index contributed by atoms with van der Waals surface area (Å²) in [7, 11) is 0. The number of esters is 1. The molecule has 0 aliphatic carbocycles. The highest BCUT2D eigenvalue weighted by Gasteiger charge is 2.03. The Morgan fingerprint density at radius 1 is 1.83 bits per heavy atom. The Morgan fingerprint density at radius 2 is 2.50 bits per heavy atom. The fourth-order valence-corrected chi connectivity index (χ4v) is 0.475. The van der Waals surface area contributed by atoms with Crippen molar-refractivity contribution in [1.82, 2.24) is 5.32 Å². The molecule has 0 rings (SSSR count). The van der Waals surface area contributed by atoms with Crippen molar-refractivity contribution in [3.63, 3.8) is 0 Å². The van der Waals surface area contributed by atoms with Gasteiger partial charge in [0.2, 0.25) is 5.39 Å². The van der Waals surface area contributed by atoms with E-state index in [9.17, 15) is 4.79 Å². The van der Waals surface area contributed by atoms with E-state index in [-0.39, 0.29) is 13.2 Å². The number of hydrogen-bond donors (Lipinski definition) is 2. The molecule has 0 aliphatic rings. The fourth-order valence-electron chi connectivity index (χ4n) is 0.475. The third-order valence-corrected chi connectivity index (χ3v) is 0.899. The summed E-state index contributed by atoms with van der Waals surface area (Å²) >= 11 is 0. The van der Waals surface area contributed by atoms with Gasteiger partial charge in [0.15, 0.2) is 4.98 Å². The van der Waals surface area contributed by atoms with Gasteiger partial charge in [0.05, 0.1) is 6.61 Å². The van der Waals surface area contributed by atoms with E-state index in [1.54, 1.807) is 6.92 Å². The molecular weight excluding hydrogens is 162 g/mol. The minimum absolute atomic E-state index is 0.161. The van der Waals surface area contributed by atoms with E-state index in [4.69, 9.17) is 10.5 Å². The number of aliphatic hydroxyl groups excluding tert-OH is 1. The van der Waals surface area contributed by atoms with Crippen LogP contribution in [-0.4, -0.2) is 24.2 Å². The summed E-state index contributed by atoms with van der Waals surface area (Å²) < 4.78 is 4.54. The number of rotatable bonds is 4. The third-order valence-electron chi connectivity index (χ3n) is 0.899. The van der Waals surface area contributed by atoms with Crippen LogP contribution in [-0.2, 0) is 9.53 Å². The zero-order valence-corrected chi connectivity index (χ0v) is 6.65. The quantitative estimate of drug-likeness (QED) is 0.363. The molecule has 0 unspecified atom stereocenters. The minimum Gasteiger partial charge on any atom is -0.490 e. The van der Waals surface area contributed by atoms with Gasteiger partial charge >= 0.3 is 12.2 Å². The maximum atomic E-state index is 10.6. The number of ether oxygens (including phenoxy) is 1. The summed E-state index contributed by atoms with van der Waals surface area (Å²) in [6, 6.07) is 0. The fraction of sp³-hybridized carbons (Fsp3) is 0.500. The monoisotopic (exact) mass is 172 g/mol. The molecule has 0 bridgehead atoms. The normalized spacial score (nSPS) is 10.2. The van der Waals surface area contributed by atoms with Crippen molar-refractivity contribution in [2.24, 2.45) is 0 Å². The lowest BCUT2D eigenvalue weighted by atomic mass is 10.6. The van der Waals surface area contributed by atoms with Crippen molar-refractivity contribution < 1.29 is 14.6 Å². The second kappa shape index (κ2) is 5.97. The van der Waals surface area contributed by atoms with Crippen LogP contribution >= 0.6 is 0 Å². The predicted octanol–water partition coefficient (Wildman–Crippen LogP) is 0.349. The molecule has 0 saturated carbocycles. The Balaban J connectivity index is 3.63. The summed E-state index contributed by atoms with van der Waals surface area (Å²) in [5.74, 6) is -0.888. The second-order valence-electron chi connectivity index (χ2n) is 1.79. The van der Waals surface area contributed by atoms with Gasteiger partial charge in [-0.15, -0.1) is 0 Å². The van der Waals surface area contributed by atoms with Crippen LogP contribution in [0, 0.1) is 5.39 Å². The van der Waals surface area contributed by atoms with Gasteiger partial charge in [-0.1, -0.05) is 0 Å². The van der Waals surface area contributed by atoms with E-state index < -0.39 is 11.9 Å². The lowest BCUT2D eigenvalue weighted by Gasteiger charge is -2.01. The summed E-state index contributed by atoms with van der Waals surface area (Å²) in [4.78, 5) is 13.2. The van der Waals surface area contributed by atoms with Gasteiger partial charge in [0.25, 0.3) is 5.88 Å². The van der Waals surface area contributed by atoms with Gasteiger partial charge in [-0.2, -0.15) is 0 Å². The van der Waals surface area contributed by atoms with Crippen molar-refractivity contribution in [2.75, 3.05) is 13.2 Å². The number of diazo groups is 1. The third kappa shape index (κ3) is 5.05. The second-order valence-corrected chi connectivity index (χ2v) is 1.79. The van der Waals surface area contributed by atoms with Gasteiger partial charge in [0, 0.05) is 0 Å². The van der Waals surface area contributed by atoms with Crippen LogP contribution in [0.25, 0.3) is 4.98 Å². The van der Waals surface area contributed by atoms with Crippen LogP contribution in [0.5, 0.6) is 0 Å². The van der Waals surface area contributed by atoms with E-state index in [0.29, 0.717) is 0 Å². The number of carbonyl (C=O) groups excluding carboxylic acids is 1. The summed E-state index contributed by atoms with van der Waals surface area (Å²) in [6.45, 7) is 1.80. The first-order chi connectivity index (χ1) is 5.70. The maximum Gasteiger partial charge on any atom is 0.409 e. The lowest BCUT2D eigenvalue weighted by molar-refractivity contribution is -0.142. The van der Waals surface area contributed by atoms with Crippen LogP contribution in [0.3, 0.4) is 0 Å². The molecule has 6 heteroatoms. The number of nitrogens with one attached hydrogen (secondary N) is 1. The zero-order chi connectivity index (χ0) is 9.40. The molecule has 0 saturated heterocycles. The first kappa shape index (κ1) is 10.2. The largest absolute Gasteiger partial charge is 0.490 e. The number of aliphatic hydroxyl groups is 1. The van der Waals surface area contributed by atoms with Crippen molar-refractivity contribution >= 4 is 5.97 Å². The smallest absolute Gasteiger partial charge is 0.409 e. The SMILES string of the molecule is CCOC(=O)CN/C(O)=C/[N+]#N. The average molecular weight is 172 g/mol. The van der Waals surface area contributed by atoms with E-state index >= 15 is 0 Å².